The van der Waals surface area contributed by atoms with Gasteiger partial charge in [0, 0.05) is 6.20 Å². The van der Waals surface area contributed by atoms with Crippen LogP contribution in [0.2, 0.25) is 5.02 Å². The third kappa shape index (κ3) is 3.18. The zero-order valence-corrected chi connectivity index (χ0v) is 11.5. The highest BCUT2D eigenvalue weighted by Crippen LogP contribution is 2.27. The molecule has 2 aromatic rings. The molecule has 2 heterocycles. The lowest BCUT2D eigenvalue weighted by atomic mass is 10.4. The van der Waals surface area contributed by atoms with Crippen LogP contribution in [0.25, 0.3) is 5.82 Å². The zero-order chi connectivity index (χ0) is 14.7. The van der Waals surface area contributed by atoms with E-state index in [9.17, 15) is 4.79 Å². The average molecular weight is 298 g/mol. The monoisotopic (exact) mass is 297 g/mol. The quantitative estimate of drug-likeness (QED) is 0.873. The van der Waals surface area contributed by atoms with Gasteiger partial charge in [0.1, 0.15) is 0 Å². The molecule has 0 fully saturated rings. The van der Waals surface area contributed by atoms with Crippen molar-refractivity contribution in [1.82, 2.24) is 14.8 Å². The van der Waals surface area contributed by atoms with Gasteiger partial charge < -0.3 is 14.6 Å². The van der Waals surface area contributed by atoms with E-state index in [1.54, 1.807) is 12.1 Å². The van der Waals surface area contributed by atoms with Crippen LogP contribution < -0.4 is 9.47 Å². The molecule has 20 heavy (non-hydrogen) atoms. The normalized spacial score (nSPS) is 10.6. The first-order chi connectivity index (χ1) is 9.47. The highest BCUT2D eigenvalue weighted by molar-refractivity contribution is 6.32. The summed E-state index contributed by atoms with van der Waals surface area (Å²) in [6.07, 6.45) is -0.0688. The number of aromatic nitrogens is 3. The van der Waals surface area contributed by atoms with Gasteiger partial charge in [-0.3, -0.25) is 0 Å². The number of carbonyl (C=O) groups is 1. The second kappa shape index (κ2) is 5.79. The van der Waals surface area contributed by atoms with Crippen LogP contribution in [0.5, 0.6) is 11.8 Å². The molecule has 0 amide bonds. The summed E-state index contributed by atoms with van der Waals surface area (Å²) in [6, 6.07) is 4.62. The Labute approximate surface area is 119 Å². The van der Waals surface area contributed by atoms with Crippen molar-refractivity contribution in [3.05, 3.63) is 29.4 Å². The van der Waals surface area contributed by atoms with E-state index in [0.29, 0.717) is 5.02 Å². The highest BCUT2D eigenvalue weighted by atomic mass is 35.5. The SMILES string of the molecule is CC(C)Oc1cc(OC(=O)O)n(-c2ncccc2Cl)n1. The third-order valence-electron chi connectivity index (χ3n) is 2.14. The van der Waals surface area contributed by atoms with Crippen LogP contribution in [0.3, 0.4) is 0 Å². The van der Waals surface area contributed by atoms with E-state index in [0.717, 1.165) is 0 Å². The van der Waals surface area contributed by atoms with Crippen molar-refractivity contribution in [1.29, 1.82) is 0 Å². The molecule has 0 aliphatic rings. The summed E-state index contributed by atoms with van der Waals surface area (Å²) < 4.78 is 11.2. The van der Waals surface area contributed by atoms with Crippen molar-refractivity contribution in [3.8, 4) is 17.6 Å². The van der Waals surface area contributed by atoms with Gasteiger partial charge in [-0.05, 0) is 26.0 Å². The number of rotatable bonds is 4. The first-order valence-corrected chi connectivity index (χ1v) is 6.13. The third-order valence-corrected chi connectivity index (χ3v) is 2.44. The van der Waals surface area contributed by atoms with Crippen LogP contribution in [-0.4, -0.2) is 32.1 Å². The van der Waals surface area contributed by atoms with E-state index in [-0.39, 0.29) is 23.7 Å². The Bertz CT molecular complexity index is 627. The Hall–Kier alpha value is -2.28. The van der Waals surface area contributed by atoms with Crippen molar-refractivity contribution < 1.29 is 19.4 Å². The Morgan fingerprint density at radius 3 is 2.85 bits per heavy atom. The van der Waals surface area contributed by atoms with Crippen LogP contribution in [0, 0.1) is 0 Å². The van der Waals surface area contributed by atoms with Gasteiger partial charge in [-0.25, -0.2) is 9.78 Å². The predicted octanol–water partition coefficient (Wildman–Crippen LogP) is 2.76. The summed E-state index contributed by atoms with van der Waals surface area (Å²) in [5.74, 6) is 0.427. The topological polar surface area (TPSA) is 86.5 Å². The molecule has 0 aliphatic carbocycles. The molecule has 0 unspecified atom stereocenters. The number of hydrogen-bond donors (Lipinski definition) is 1. The molecule has 0 aliphatic heterocycles. The second-order valence-electron chi connectivity index (χ2n) is 4.08. The van der Waals surface area contributed by atoms with Crippen LogP contribution in [0.1, 0.15) is 13.8 Å². The molecule has 2 aromatic heterocycles. The molecule has 0 aromatic carbocycles. The minimum absolute atomic E-state index is 0.0475. The summed E-state index contributed by atoms with van der Waals surface area (Å²) in [6.45, 7) is 3.65. The maximum Gasteiger partial charge on any atom is 0.512 e. The molecule has 0 saturated heterocycles. The second-order valence-corrected chi connectivity index (χ2v) is 4.48. The number of hydrogen-bond acceptors (Lipinski definition) is 5. The minimum Gasteiger partial charge on any atom is -0.474 e. The minimum atomic E-state index is -1.46. The molecule has 0 saturated carbocycles. The molecule has 0 bridgehead atoms. The van der Waals surface area contributed by atoms with Crippen molar-refractivity contribution in [3.63, 3.8) is 0 Å². The summed E-state index contributed by atoms with van der Waals surface area (Å²) >= 11 is 6.02. The Morgan fingerprint density at radius 1 is 1.50 bits per heavy atom. The molecule has 7 nitrogen and oxygen atoms in total. The van der Waals surface area contributed by atoms with E-state index in [4.69, 9.17) is 21.4 Å². The van der Waals surface area contributed by atoms with Crippen molar-refractivity contribution in [2.24, 2.45) is 0 Å². The lowest BCUT2D eigenvalue weighted by molar-refractivity contribution is 0.141. The summed E-state index contributed by atoms with van der Waals surface area (Å²) in [4.78, 5) is 14.8. The van der Waals surface area contributed by atoms with Gasteiger partial charge in [0.25, 0.3) is 0 Å². The maximum atomic E-state index is 10.7. The van der Waals surface area contributed by atoms with Gasteiger partial charge in [-0.1, -0.05) is 11.6 Å². The fourth-order valence-corrected chi connectivity index (χ4v) is 1.69. The van der Waals surface area contributed by atoms with Crippen LogP contribution in [-0.2, 0) is 0 Å². The molecule has 2 rings (SSSR count). The molecular formula is C12H12ClN3O4. The van der Waals surface area contributed by atoms with Gasteiger partial charge in [-0.15, -0.1) is 5.10 Å². The lowest BCUT2D eigenvalue weighted by Crippen LogP contribution is -2.10. The molecular weight excluding hydrogens is 286 g/mol. The number of halogens is 1. The Kier molecular flexibility index (Phi) is 4.09. The van der Waals surface area contributed by atoms with Crippen molar-refractivity contribution >= 4 is 17.8 Å². The van der Waals surface area contributed by atoms with E-state index >= 15 is 0 Å². The lowest BCUT2D eigenvalue weighted by Gasteiger charge is -2.06. The molecule has 0 spiro atoms. The number of nitrogens with zero attached hydrogens (tertiary/aromatic N) is 3. The van der Waals surface area contributed by atoms with Crippen LogP contribution in [0.15, 0.2) is 24.4 Å². The first kappa shape index (κ1) is 14.1. The summed E-state index contributed by atoms with van der Waals surface area (Å²) in [5.41, 5.74) is 0. The van der Waals surface area contributed by atoms with E-state index in [1.165, 1.54) is 16.9 Å². The fourth-order valence-electron chi connectivity index (χ4n) is 1.49. The summed E-state index contributed by atoms with van der Waals surface area (Å²) in [7, 11) is 0. The van der Waals surface area contributed by atoms with Gasteiger partial charge in [-0.2, -0.15) is 4.68 Å². The predicted molar refractivity (Wildman–Crippen MR) is 70.8 cm³/mol. The molecule has 0 atom stereocenters. The smallest absolute Gasteiger partial charge is 0.474 e. The van der Waals surface area contributed by atoms with Gasteiger partial charge in [0.2, 0.25) is 11.8 Å². The van der Waals surface area contributed by atoms with Crippen LogP contribution in [0.4, 0.5) is 4.79 Å². The molecule has 8 heteroatoms. The largest absolute Gasteiger partial charge is 0.512 e. The standard InChI is InChI=1S/C12H12ClN3O4/c1-7(2)19-9-6-10(20-12(17)18)16(15-9)11-8(13)4-3-5-14-11/h3-7H,1-2H3,(H,17,18). The number of carboxylic acid groups (broad SMARTS) is 1. The van der Waals surface area contributed by atoms with Gasteiger partial charge >= 0.3 is 6.16 Å². The molecule has 1 N–H and O–H groups in total. The Balaban J connectivity index is 2.46. The summed E-state index contributed by atoms with van der Waals surface area (Å²) in [5, 5.41) is 13.1. The molecule has 0 radical (unpaired) electrons. The fraction of sp³-hybridized carbons (Fsp3) is 0.250. The highest BCUT2D eigenvalue weighted by Gasteiger charge is 2.18. The van der Waals surface area contributed by atoms with Crippen molar-refractivity contribution in [2.45, 2.75) is 20.0 Å². The first-order valence-electron chi connectivity index (χ1n) is 5.75. The zero-order valence-electron chi connectivity index (χ0n) is 10.8. The van der Waals surface area contributed by atoms with E-state index < -0.39 is 6.16 Å². The average Bonchev–Trinajstić information content (AvgIpc) is 2.70. The van der Waals surface area contributed by atoms with E-state index in [2.05, 4.69) is 14.8 Å². The maximum absolute atomic E-state index is 10.7. The van der Waals surface area contributed by atoms with E-state index in [1.807, 2.05) is 13.8 Å². The molecule has 106 valence electrons. The van der Waals surface area contributed by atoms with Crippen molar-refractivity contribution in [2.75, 3.05) is 0 Å². The number of ether oxygens (including phenoxy) is 2. The van der Waals surface area contributed by atoms with Gasteiger partial charge in [0.05, 0.1) is 17.2 Å². The van der Waals surface area contributed by atoms with Crippen LogP contribution >= 0.6 is 11.6 Å². The van der Waals surface area contributed by atoms with Gasteiger partial charge in [0.15, 0.2) is 5.82 Å². The Morgan fingerprint density at radius 2 is 2.25 bits per heavy atom. The number of pyridine rings is 1.